The van der Waals surface area contributed by atoms with Crippen molar-refractivity contribution in [3.63, 3.8) is 0 Å². The number of hydrogen-bond donors (Lipinski definition) is 0. The van der Waals surface area contributed by atoms with Crippen molar-refractivity contribution in [3.8, 4) is 11.8 Å². The predicted octanol–water partition coefficient (Wildman–Crippen LogP) is 6.13. The maximum atomic E-state index is 12.6. The van der Waals surface area contributed by atoms with E-state index in [0.29, 0.717) is 23.5 Å². The smallest absolute Gasteiger partial charge is 0.203 e. The summed E-state index contributed by atoms with van der Waals surface area (Å²) in [7, 11) is 0. The lowest BCUT2D eigenvalue weighted by Crippen LogP contribution is -2.02. The second-order valence-corrected chi connectivity index (χ2v) is 7.24. The molecule has 0 bridgehead atoms. The second kappa shape index (κ2) is 9.16. The second-order valence-electron chi connectivity index (χ2n) is 6.32. The van der Waals surface area contributed by atoms with E-state index in [0.717, 1.165) is 10.0 Å². The standard InChI is InChI=1S/C24H18BrNO2/c1-17-7-9-18(10-8-17)16-28-23-12-11-22(25)14-20(23)13-21(15-26)24(27)19-5-3-2-4-6-19/h2-14H,16H2,1H3/b21-13+. The van der Waals surface area contributed by atoms with Crippen molar-refractivity contribution < 1.29 is 9.53 Å². The fourth-order valence-electron chi connectivity index (χ4n) is 2.66. The summed E-state index contributed by atoms with van der Waals surface area (Å²) in [4.78, 5) is 12.6. The van der Waals surface area contributed by atoms with Crippen LogP contribution in [0.3, 0.4) is 0 Å². The maximum Gasteiger partial charge on any atom is 0.203 e. The van der Waals surface area contributed by atoms with E-state index in [-0.39, 0.29) is 11.4 Å². The molecule has 0 N–H and O–H groups in total. The van der Waals surface area contributed by atoms with Crippen molar-refractivity contribution in [1.29, 1.82) is 5.26 Å². The van der Waals surface area contributed by atoms with Gasteiger partial charge in [-0.1, -0.05) is 76.1 Å². The van der Waals surface area contributed by atoms with Gasteiger partial charge in [0.25, 0.3) is 0 Å². The number of nitriles is 1. The van der Waals surface area contributed by atoms with Crippen LogP contribution in [0.2, 0.25) is 0 Å². The highest BCUT2D eigenvalue weighted by Crippen LogP contribution is 2.27. The van der Waals surface area contributed by atoms with Gasteiger partial charge in [-0.05, 0) is 36.8 Å². The SMILES string of the molecule is Cc1ccc(COc2ccc(Br)cc2/C=C(\C#N)C(=O)c2ccccc2)cc1. The first-order valence-corrected chi connectivity index (χ1v) is 9.55. The summed E-state index contributed by atoms with van der Waals surface area (Å²) in [5.41, 5.74) is 3.44. The molecule has 3 nitrogen and oxygen atoms in total. The third-order valence-corrected chi connectivity index (χ3v) is 4.68. The number of benzene rings is 3. The molecule has 0 unspecified atom stereocenters. The minimum atomic E-state index is -0.312. The van der Waals surface area contributed by atoms with Crippen LogP contribution in [0.5, 0.6) is 5.75 Å². The van der Waals surface area contributed by atoms with Crippen molar-refractivity contribution in [1.82, 2.24) is 0 Å². The molecule has 0 aliphatic carbocycles. The van der Waals surface area contributed by atoms with Gasteiger partial charge in [0.2, 0.25) is 5.78 Å². The van der Waals surface area contributed by atoms with Crippen molar-refractivity contribution >= 4 is 27.8 Å². The minimum Gasteiger partial charge on any atom is -0.488 e. The molecule has 3 aromatic rings. The Balaban J connectivity index is 1.88. The van der Waals surface area contributed by atoms with Crippen molar-refractivity contribution in [2.45, 2.75) is 13.5 Å². The topological polar surface area (TPSA) is 50.1 Å². The number of ketones is 1. The summed E-state index contributed by atoms with van der Waals surface area (Å²) in [6, 6.07) is 24.4. The van der Waals surface area contributed by atoms with E-state index < -0.39 is 0 Å². The van der Waals surface area contributed by atoms with E-state index in [2.05, 4.69) is 15.9 Å². The van der Waals surface area contributed by atoms with Gasteiger partial charge < -0.3 is 4.74 Å². The number of ether oxygens (including phenoxy) is 1. The summed E-state index contributed by atoms with van der Waals surface area (Å²) >= 11 is 3.44. The number of rotatable bonds is 6. The number of hydrogen-bond acceptors (Lipinski definition) is 3. The first-order chi connectivity index (χ1) is 13.6. The maximum absolute atomic E-state index is 12.6. The summed E-state index contributed by atoms with van der Waals surface area (Å²) in [6.45, 7) is 2.44. The van der Waals surface area contributed by atoms with E-state index in [4.69, 9.17) is 4.74 Å². The zero-order valence-electron chi connectivity index (χ0n) is 15.4. The molecule has 0 fully saturated rings. The molecule has 0 aliphatic heterocycles. The van der Waals surface area contributed by atoms with Crippen LogP contribution in [0.1, 0.15) is 27.0 Å². The molecule has 138 valence electrons. The molecular formula is C24H18BrNO2. The Hall–Kier alpha value is -3.16. The van der Waals surface area contributed by atoms with Crippen LogP contribution in [-0.4, -0.2) is 5.78 Å². The van der Waals surface area contributed by atoms with Gasteiger partial charge in [-0.3, -0.25) is 4.79 Å². The van der Waals surface area contributed by atoms with Gasteiger partial charge in [-0.25, -0.2) is 0 Å². The molecule has 28 heavy (non-hydrogen) atoms. The van der Waals surface area contributed by atoms with Crippen LogP contribution in [-0.2, 0) is 6.61 Å². The Kier molecular flexibility index (Phi) is 6.41. The molecule has 0 heterocycles. The summed E-state index contributed by atoms with van der Waals surface area (Å²) in [5.74, 6) is 0.296. The fraction of sp³-hybridized carbons (Fsp3) is 0.0833. The van der Waals surface area contributed by atoms with E-state index in [1.54, 1.807) is 30.3 Å². The lowest BCUT2D eigenvalue weighted by Gasteiger charge is -2.11. The van der Waals surface area contributed by atoms with Crippen molar-refractivity contribution in [2.24, 2.45) is 0 Å². The number of carbonyl (C=O) groups excluding carboxylic acids is 1. The first-order valence-electron chi connectivity index (χ1n) is 8.76. The highest BCUT2D eigenvalue weighted by molar-refractivity contribution is 9.10. The molecule has 3 aromatic carbocycles. The third kappa shape index (κ3) is 4.97. The van der Waals surface area contributed by atoms with Crippen molar-refractivity contribution in [3.05, 3.63) is 105 Å². The van der Waals surface area contributed by atoms with E-state index >= 15 is 0 Å². The molecule has 0 saturated carbocycles. The zero-order chi connectivity index (χ0) is 19.9. The lowest BCUT2D eigenvalue weighted by molar-refractivity contribution is 0.104. The van der Waals surface area contributed by atoms with E-state index in [9.17, 15) is 10.1 Å². The van der Waals surface area contributed by atoms with E-state index in [1.165, 1.54) is 5.56 Å². The van der Waals surface area contributed by atoms with Gasteiger partial charge >= 0.3 is 0 Å². The number of Topliss-reactive ketones (excluding diaryl/α,β-unsaturated/α-hetero) is 1. The highest BCUT2D eigenvalue weighted by atomic mass is 79.9. The van der Waals surface area contributed by atoms with Gasteiger partial charge in [0.05, 0.1) is 0 Å². The number of carbonyl (C=O) groups is 1. The number of nitrogens with zero attached hydrogens (tertiary/aromatic N) is 1. The predicted molar refractivity (Wildman–Crippen MR) is 114 cm³/mol. The highest BCUT2D eigenvalue weighted by Gasteiger charge is 2.13. The van der Waals surface area contributed by atoms with Crippen LogP contribution < -0.4 is 4.74 Å². The molecule has 0 saturated heterocycles. The molecule has 0 atom stereocenters. The fourth-order valence-corrected chi connectivity index (χ4v) is 3.04. The molecule has 0 amide bonds. The normalized spacial score (nSPS) is 11.0. The van der Waals surface area contributed by atoms with Gasteiger partial charge in [-0.2, -0.15) is 5.26 Å². The Morgan fingerprint density at radius 2 is 1.79 bits per heavy atom. The van der Waals surface area contributed by atoms with Crippen LogP contribution in [0.4, 0.5) is 0 Å². The molecular weight excluding hydrogens is 414 g/mol. The summed E-state index contributed by atoms with van der Waals surface area (Å²) < 4.78 is 6.80. The average Bonchev–Trinajstić information content (AvgIpc) is 2.72. The monoisotopic (exact) mass is 431 g/mol. The molecule has 3 rings (SSSR count). The Bertz CT molecular complexity index is 1050. The molecule has 0 spiro atoms. The number of aryl methyl sites for hydroxylation is 1. The largest absolute Gasteiger partial charge is 0.488 e. The number of halogens is 1. The molecule has 0 radical (unpaired) electrons. The average molecular weight is 432 g/mol. The summed E-state index contributed by atoms with van der Waals surface area (Å²) in [5, 5.41) is 9.52. The molecule has 0 aliphatic rings. The third-order valence-electron chi connectivity index (χ3n) is 4.19. The lowest BCUT2D eigenvalue weighted by atomic mass is 10.0. The van der Waals surface area contributed by atoms with Crippen LogP contribution >= 0.6 is 15.9 Å². The van der Waals surface area contributed by atoms with Gasteiger partial charge in [0.1, 0.15) is 24.0 Å². The van der Waals surface area contributed by atoms with Crippen molar-refractivity contribution in [2.75, 3.05) is 0 Å². The first kappa shape index (κ1) is 19.6. The molecule has 0 aromatic heterocycles. The van der Waals surface area contributed by atoms with E-state index in [1.807, 2.05) is 61.5 Å². The molecule has 4 heteroatoms. The Morgan fingerprint density at radius 3 is 2.46 bits per heavy atom. The number of allylic oxidation sites excluding steroid dienone is 1. The van der Waals surface area contributed by atoms with Gasteiger partial charge in [0, 0.05) is 15.6 Å². The minimum absolute atomic E-state index is 0.0597. The Labute approximate surface area is 173 Å². The van der Waals surface area contributed by atoms with Gasteiger partial charge in [-0.15, -0.1) is 0 Å². The van der Waals surface area contributed by atoms with Gasteiger partial charge in [0.15, 0.2) is 0 Å². The zero-order valence-corrected chi connectivity index (χ0v) is 16.9. The van der Waals surface area contributed by atoms with Crippen LogP contribution in [0.25, 0.3) is 6.08 Å². The van der Waals surface area contributed by atoms with Crippen LogP contribution in [0.15, 0.2) is 82.8 Å². The summed E-state index contributed by atoms with van der Waals surface area (Å²) in [6.07, 6.45) is 1.57. The van der Waals surface area contributed by atoms with Crippen LogP contribution in [0, 0.1) is 18.3 Å². The quantitative estimate of drug-likeness (QED) is 0.268. The Morgan fingerprint density at radius 1 is 1.07 bits per heavy atom.